The number of imidazole rings is 1. The highest BCUT2D eigenvalue weighted by Gasteiger charge is 2.17. The predicted molar refractivity (Wildman–Crippen MR) is 108 cm³/mol. The van der Waals surface area contributed by atoms with Gasteiger partial charge in [-0.2, -0.15) is 0 Å². The van der Waals surface area contributed by atoms with Gasteiger partial charge >= 0.3 is 0 Å². The van der Waals surface area contributed by atoms with Crippen molar-refractivity contribution in [3.63, 3.8) is 0 Å². The number of aromatic nitrogens is 2. The predicted octanol–water partition coefficient (Wildman–Crippen LogP) is 3.89. The lowest BCUT2D eigenvalue weighted by atomic mass is 10.2. The van der Waals surface area contributed by atoms with Crippen LogP contribution in [0.3, 0.4) is 0 Å². The van der Waals surface area contributed by atoms with Crippen molar-refractivity contribution in [1.29, 1.82) is 0 Å². The summed E-state index contributed by atoms with van der Waals surface area (Å²) >= 11 is 0. The van der Waals surface area contributed by atoms with Crippen molar-refractivity contribution in [1.82, 2.24) is 9.97 Å². The van der Waals surface area contributed by atoms with Crippen LogP contribution in [0.15, 0.2) is 71.6 Å². The number of aromatic amines is 1. The van der Waals surface area contributed by atoms with Crippen LogP contribution in [0, 0.1) is 11.6 Å². The summed E-state index contributed by atoms with van der Waals surface area (Å²) in [7, 11) is -4.12. The quantitative estimate of drug-likeness (QED) is 0.449. The Labute approximate surface area is 169 Å². The Balaban J connectivity index is 1.47. The molecule has 7 nitrogen and oxygen atoms in total. The highest BCUT2D eigenvalue weighted by Crippen LogP contribution is 2.19. The summed E-state index contributed by atoms with van der Waals surface area (Å²) in [5, 5.41) is 2.63. The van der Waals surface area contributed by atoms with E-state index in [2.05, 4.69) is 20.0 Å². The molecule has 4 aromatic rings. The van der Waals surface area contributed by atoms with Gasteiger partial charge < -0.3 is 4.98 Å². The van der Waals surface area contributed by atoms with Crippen LogP contribution in [0.1, 0.15) is 10.4 Å². The SMILES string of the molecule is O=C(Nc1nc2ccccc2[nH]1)c1ccc(NS(=O)(=O)c2ccc(F)c(F)c2)cc1. The molecule has 3 aromatic carbocycles. The number of carbonyl (C=O) groups excluding carboxylic acids is 1. The molecule has 10 heteroatoms. The average molecular weight is 428 g/mol. The minimum absolute atomic E-state index is 0.153. The molecule has 0 aliphatic heterocycles. The van der Waals surface area contributed by atoms with Crippen LogP contribution >= 0.6 is 0 Å². The number of rotatable bonds is 5. The normalized spacial score (nSPS) is 11.4. The second kappa shape index (κ2) is 7.56. The molecule has 0 aliphatic carbocycles. The molecule has 4 rings (SSSR count). The number of nitrogens with one attached hydrogen (secondary N) is 3. The van der Waals surface area contributed by atoms with Crippen LogP contribution in [0.5, 0.6) is 0 Å². The van der Waals surface area contributed by atoms with Gasteiger partial charge in [0, 0.05) is 11.3 Å². The van der Waals surface area contributed by atoms with E-state index in [0.717, 1.165) is 17.6 Å². The molecule has 0 fully saturated rings. The molecule has 0 aliphatic rings. The van der Waals surface area contributed by atoms with Crippen molar-refractivity contribution < 1.29 is 22.0 Å². The largest absolute Gasteiger partial charge is 0.324 e. The molecule has 1 aromatic heterocycles. The molecule has 0 atom stereocenters. The first-order valence-electron chi connectivity index (χ1n) is 8.66. The van der Waals surface area contributed by atoms with Crippen molar-refractivity contribution in [2.75, 3.05) is 10.0 Å². The van der Waals surface area contributed by atoms with Crippen molar-refractivity contribution in [3.05, 3.63) is 83.9 Å². The third-order valence-electron chi connectivity index (χ3n) is 4.22. The molecular formula is C20H14F2N4O3S. The van der Waals surface area contributed by atoms with Crippen LogP contribution in [0.4, 0.5) is 20.4 Å². The van der Waals surface area contributed by atoms with Crippen LogP contribution in [-0.2, 0) is 10.0 Å². The number of amides is 1. The minimum Gasteiger partial charge on any atom is -0.324 e. The maximum Gasteiger partial charge on any atom is 0.261 e. The molecule has 0 saturated heterocycles. The number of para-hydroxylation sites is 2. The van der Waals surface area contributed by atoms with Gasteiger partial charge in [0.2, 0.25) is 5.95 Å². The van der Waals surface area contributed by atoms with E-state index >= 15 is 0 Å². The Morgan fingerprint density at radius 3 is 2.37 bits per heavy atom. The number of fused-ring (bicyclic) bond motifs is 1. The van der Waals surface area contributed by atoms with E-state index in [1.54, 1.807) is 6.07 Å². The number of halogens is 2. The number of H-pyrrole nitrogens is 1. The molecule has 3 N–H and O–H groups in total. The highest BCUT2D eigenvalue weighted by molar-refractivity contribution is 7.92. The Morgan fingerprint density at radius 2 is 1.67 bits per heavy atom. The average Bonchev–Trinajstić information content (AvgIpc) is 3.12. The number of benzene rings is 3. The number of nitrogens with zero attached hydrogens (tertiary/aromatic N) is 1. The van der Waals surface area contributed by atoms with E-state index in [0.29, 0.717) is 11.6 Å². The Morgan fingerprint density at radius 1 is 0.933 bits per heavy atom. The summed E-state index contributed by atoms with van der Waals surface area (Å²) < 4.78 is 53.2. The third kappa shape index (κ3) is 3.98. The van der Waals surface area contributed by atoms with Gasteiger partial charge in [-0.3, -0.25) is 14.8 Å². The first-order chi connectivity index (χ1) is 14.3. The zero-order chi connectivity index (χ0) is 21.3. The number of hydrogen-bond donors (Lipinski definition) is 3. The number of carbonyl (C=O) groups is 1. The van der Waals surface area contributed by atoms with Gasteiger partial charge in [-0.1, -0.05) is 12.1 Å². The van der Waals surface area contributed by atoms with Crippen molar-refractivity contribution in [3.8, 4) is 0 Å². The fraction of sp³-hybridized carbons (Fsp3) is 0. The van der Waals surface area contributed by atoms with E-state index < -0.39 is 32.5 Å². The second-order valence-electron chi connectivity index (χ2n) is 6.32. The Hall–Kier alpha value is -3.79. The van der Waals surface area contributed by atoms with Crippen molar-refractivity contribution in [2.24, 2.45) is 0 Å². The van der Waals surface area contributed by atoms with E-state index in [4.69, 9.17) is 0 Å². The maximum absolute atomic E-state index is 13.3. The summed E-state index contributed by atoms with van der Waals surface area (Å²) in [4.78, 5) is 19.2. The molecule has 1 heterocycles. The molecule has 0 unspecified atom stereocenters. The van der Waals surface area contributed by atoms with Crippen molar-refractivity contribution >= 4 is 38.6 Å². The smallest absolute Gasteiger partial charge is 0.261 e. The lowest BCUT2D eigenvalue weighted by Gasteiger charge is -2.09. The van der Waals surface area contributed by atoms with Crippen LogP contribution in [-0.4, -0.2) is 24.3 Å². The molecule has 1 amide bonds. The first kappa shape index (κ1) is 19.5. The van der Waals surface area contributed by atoms with Gasteiger partial charge in [-0.15, -0.1) is 0 Å². The van der Waals surface area contributed by atoms with E-state index in [9.17, 15) is 22.0 Å². The molecule has 30 heavy (non-hydrogen) atoms. The van der Waals surface area contributed by atoms with Crippen LogP contribution in [0.2, 0.25) is 0 Å². The molecule has 0 spiro atoms. The van der Waals surface area contributed by atoms with Gasteiger partial charge in [-0.25, -0.2) is 22.2 Å². The van der Waals surface area contributed by atoms with E-state index in [1.807, 2.05) is 18.2 Å². The summed E-state index contributed by atoms with van der Waals surface area (Å²) in [6.07, 6.45) is 0. The molecule has 152 valence electrons. The molecule has 0 saturated carbocycles. The van der Waals surface area contributed by atoms with Gasteiger partial charge in [0.25, 0.3) is 15.9 Å². The number of hydrogen-bond acceptors (Lipinski definition) is 4. The molecule has 0 radical (unpaired) electrons. The van der Waals surface area contributed by atoms with E-state index in [-0.39, 0.29) is 17.2 Å². The Kier molecular flexibility index (Phi) is 4.92. The topological polar surface area (TPSA) is 104 Å². The summed E-state index contributed by atoms with van der Waals surface area (Å²) in [5.41, 5.74) is 1.90. The fourth-order valence-corrected chi connectivity index (χ4v) is 3.81. The number of sulfonamides is 1. The zero-order valence-corrected chi connectivity index (χ0v) is 16.0. The minimum atomic E-state index is -4.12. The van der Waals surface area contributed by atoms with Gasteiger partial charge in [0.1, 0.15) is 0 Å². The summed E-state index contributed by atoms with van der Waals surface area (Å²) in [6.45, 7) is 0. The standard InChI is InChI=1S/C20H14F2N4O3S/c21-15-10-9-14(11-16(15)22)30(28,29)26-13-7-5-12(6-8-13)19(27)25-20-23-17-3-1-2-4-18(17)24-20/h1-11,26H,(H2,23,24,25,27). The van der Waals surface area contributed by atoms with Gasteiger partial charge in [-0.05, 0) is 54.6 Å². The lowest BCUT2D eigenvalue weighted by molar-refractivity contribution is 0.102. The van der Waals surface area contributed by atoms with Crippen LogP contribution < -0.4 is 10.0 Å². The third-order valence-corrected chi connectivity index (χ3v) is 5.60. The molecule has 0 bridgehead atoms. The van der Waals surface area contributed by atoms with E-state index in [1.165, 1.54) is 24.3 Å². The maximum atomic E-state index is 13.3. The van der Waals surface area contributed by atoms with Crippen LogP contribution in [0.25, 0.3) is 11.0 Å². The van der Waals surface area contributed by atoms with Gasteiger partial charge in [0.15, 0.2) is 11.6 Å². The monoisotopic (exact) mass is 428 g/mol. The number of anilines is 2. The fourth-order valence-electron chi connectivity index (χ4n) is 2.74. The summed E-state index contributed by atoms with van der Waals surface area (Å²) in [6, 6.07) is 15.2. The molecular weight excluding hydrogens is 414 g/mol. The Bertz CT molecular complexity index is 1320. The van der Waals surface area contributed by atoms with Gasteiger partial charge in [0.05, 0.1) is 15.9 Å². The second-order valence-corrected chi connectivity index (χ2v) is 8.00. The highest BCUT2D eigenvalue weighted by atomic mass is 32.2. The lowest BCUT2D eigenvalue weighted by Crippen LogP contribution is -2.15. The zero-order valence-electron chi connectivity index (χ0n) is 15.2. The first-order valence-corrected chi connectivity index (χ1v) is 10.1. The summed E-state index contributed by atoms with van der Waals surface area (Å²) in [5.74, 6) is -2.57. The van der Waals surface area contributed by atoms with Crippen molar-refractivity contribution in [2.45, 2.75) is 4.90 Å².